The monoisotopic (exact) mass is 341 g/mol. The highest BCUT2D eigenvalue weighted by atomic mass is 16.1. The molecule has 0 bridgehead atoms. The third-order valence-corrected chi connectivity index (χ3v) is 3.55. The topological polar surface area (TPSA) is 93.4 Å². The Bertz CT molecular complexity index is 1030. The van der Waals surface area contributed by atoms with Gasteiger partial charge in [-0.25, -0.2) is 0 Å². The van der Waals surface area contributed by atoms with E-state index >= 15 is 0 Å². The molecule has 0 aliphatic rings. The molecule has 0 unspecified atom stereocenters. The fourth-order valence-corrected chi connectivity index (χ4v) is 2.29. The molecule has 6 heteroatoms. The van der Waals surface area contributed by atoms with Crippen LogP contribution in [0.3, 0.4) is 0 Å². The van der Waals surface area contributed by atoms with E-state index in [0.717, 1.165) is 11.3 Å². The van der Waals surface area contributed by atoms with Gasteiger partial charge in [-0.2, -0.15) is 15.5 Å². The highest BCUT2D eigenvalue weighted by Gasteiger charge is 2.11. The standard InChI is InChI=1S/C20H15N5O/c21-11-18-19(25-17-9-5-2-6-10-17)16(13-22-20(18)26)14-24-23-12-15-7-3-1-4-8-15/h1-10,12-14H,(H2,22,25,26)/b23-12+,24-14-. The Balaban J connectivity index is 1.91. The first-order chi connectivity index (χ1) is 12.8. The molecule has 6 nitrogen and oxygen atoms in total. The summed E-state index contributed by atoms with van der Waals surface area (Å²) in [5.41, 5.74) is 2.15. The number of hydrogen-bond donors (Lipinski definition) is 2. The highest BCUT2D eigenvalue weighted by Crippen LogP contribution is 2.21. The Morgan fingerprint density at radius 1 is 0.962 bits per heavy atom. The molecule has 26 heavy (non-hydrogen) atoms. The molecule has 2 aromatic carbocycles. The Kier molecular flexibility index (Phi) is 5.33. The zero-order valence-corrected chi connectivity index (χ0v) is 13.8. The Labute approximate surface area is 150 Å². The number of para-hydroxylation sites is 1. The number of rotatable bonds is 5. The van der Waals surface area contributed by atoms with Crippen molar-refractivity contribution in [3.63, 3.8) is 0 Å². The maximum Gasteiger partial charge on any atom is 0.268 e. The predicted octanol–water partition coefficient (Wildman–Crippen LogP) is 3.44. The number of nitrogens with one attached hydrogen (secondary N) is 2. The quantitative estimate of drug-likeness (QED) is 0.550. The van der Waals surface area contributed by atoms with E-state index in [1.54, 1.807) is 6.21 Å². The first-order valence-electron chi connectivity index (χ1n) is 7.87. The lowest BCUT2D eigenvalue weighted by Crippen LogP contribution is -2.14. The van der Waals surface area contributed by atoms with Gasteiger partial charge in [-0.05, 0) is 17.7 Å². The second kappa shape index (κ2) is 8.22. The van der Waals surface area contributed by atoms with Crippen LogP contribution in [-0.2, 0) is 0 Å². The molecule has 3 aromatic rings. The van der Waals surface area contributed by atoms with Gasteiger partial charge in [0.15, 0.2) is 0 Å². The molecule has 126 valence electrons. The van der Waals surface area contributed by atoms with Crippen LogP contribution in [0.5, 0.6) is 0 Å². The first-order valence-corrected chi connectivity index (χ1v) is 7.87. The van der Waals surface area contributed by atoms with Crippen LogP contribution in [0.25, 0.3) is 0 Å². The van der Waals surface area contributed by atoms with E-state index in [1.807, 2.05) is 66.7 Å². The van der Waals surface area contributed by atoms with Gasteiger partial charge in [0.05, 0.1) is 18.1 Å². The van der Waals surface area contributed by atoms with Crippen molar-refractivity contribution in [3.8, 4) is 6.07 Å². The molecular weight excluding hydrogens is 326 g/mol. The average Bonchev–Trinajstić information content (AvgIpc) is 2.68. The number of nitrogens with zero attached hydrogens (tertiary/aromatic N) is 3. The molecule has 1 aromatic heterocycles. The lowest BCUT2D eigenvalue weighted by atomic mass is 10.1. The number of H-pyrrole nitrogens is 1. The van der Waals surface area contributed by atoms with Gasteiger partial charge in [-0.15, -0.1) is 0 Å². The molecule has 0 fully saturated rings. The van der Waals surface area contributed by atoms with E-state index in [2.05, 4.69) is 20.5 Å². The van der Waals surface area contributed by atoms with Crippen LogP contribution in [0.2, 0.25) is 0 Å². The molecule has 1 heterocycles. The van der Waals surface area contributed by atoms with Gasteiger partial charge in [-0.3, -0.25) is 4.79 Å². The Hall–Kier alpha value is -3.98. The van der Waals surface area contributed by atoms with E-state index in [-0.39, 0.29) is 5.56 Å². The molecule has 3 rings (SSSR count). The number of nitriles is 1. The fraction of sp³-hybridized carbons (Fsp3) is 0. The Morgan fingerprint density at radius 2 is 1.62 bits per heavy atom. The summed E-state index contributed by atoms with van der Waals surface area (Å²) in [6.07, 6.45) is 4.61. The second-order valence-corrected chi connectivity index (χ2v) is 5.33. The number of pyridine rings is 1. The van der Waals surface area contributed by atoms with E-state index in [4.69, 9.17) is 0 Å². The third kappa shape index (κ3) is 4.10. The van der Waals surface area contributed by atoms with Crippen molar-refractivity contribution < 1.29 is 0 Å². The van der Waals surface area contributed by atoms with Crippen LogP contribution in [0.1, 0.15) is 16.7 Å². The van der Waals surface area contributed by atoms with Crippen molar-refractivity contribution in [2.24, 2.45) is 10.2 Å². The number of aromatic nitrogens is 1. The molecule has 0 radical (unpaired) electrons. The Morgan fingerprint density at radius 3 is 2.31 bits per heavy atom. The first kappa shape index (κ1) is 16.9. The largest absolute Gasteiger partial charge is 0.354 e. The second-order valence-electron chi connectivity index (χ2n) is 5.33. The highest BCUT2D eigenvalue weighted by molar-refractivity contribution is 5.91. The van der Waals surface area contributed by atoms with Gasteiger partial charge >= 0.3 is 0 Å². The molecular formula is C20H15N5O. The van der Waals surface area contributed by atoms with Gasteiger partial charge < -0.3 is 10.3 Å². The predicted molar refractivity (Wildman–Crippen MR) is 103 cm³/mol. The summed E-state index contributed by atoms with van der Waals surface area (Å²) >= 11 is 0. The summed E-state index contributed by atoms with van der Waals surface area (Å²) in [5.74, 6) is 0. The summed E-state index contributed by atoms with van der Waals surface area (Å²) in [5, 5.41) is 20.5. The summed E-state index contributed by atoms with van der Waals surface area (Å²) in [6.45, 7) is 0. The number of benzene rings is 2. The van der Waals surface area contributed by atoms with Gasteiger partial charge in [0.25, 0.3) is 5.56 Å². The summed E-state index contributed by atoms with van der Waals surface area (Å²) in [4.78, 5) is 14.5. The molecule has 2 N–H and O–H groups in total. The average molecular weight is 341 g/mol. The van der Waals surface area contributed by atoms with Crippen molar-refractivity contribution in [3.05, 3.63) is 93.9 Å². The lowest BCUT2D eigenvalue weighted by molar-refractivity contribution is 1.20. The normalized spacial score (nSPS) is 10.9. The molecule has 0 saturated heterocycles. The van der Waals surface area contributed by atoms with Crippen molar-refractivity contribution >= 4 is 23.8 Å². The van der Waals surface area contributed by atoms with Crippen molar-refractivity contribution in [2.75, 3.05) is 5.32 Å². The van der Waals surface area contributed by atoms with Crippen LogP contribution in [-0.4, -0.2) is 17.4 Å². The van der Waals surface area contributed by atoms with Crippen LogP contribution < -0.4 is 10.9 Å². The smallest absolute Gasteiger partial charge is 0.268 e. The van der Waals surface area contributed by atoms with E-state index < -0.39 is 5.56 Å². The van der Waals surface area contributed by atoms with E-state index in [0.29, 0.717) is 11.3 Å². The van der Waals surface area contributed by atoms with Crippen LogP contribution >= 0.6 is 0 Å². The van der Waals surface area contributed by atoms with Crippen LogP contribution in [0.15, 0.2) is 81.9 Å². The molecule has 0 spiro atoms. The van der Waals surface area contributed by atoms with E-state index in [9.17, 15) is 10.1 Å². The van der Waals surface area contributed by atoms with Crippen LogP contribution in [0, 0.1) is 11.3 Å². The van der Waals surface area contributed by atoms with Crippen molar-refractivity contribution in [1.82, 2.24) is 4.98 Å². The molecule has 0 aliphatic heterocycles. The summed E-state index contributed by atoms with van der Waals surface area (Å²) < 4.78 is 0. The minimum atomic E-state index is -0.462. The van der Waals surface area contributed by atoms with Crippen molar-refractivity contribution in [1.29, 1.82) is 5.26 Å². The zero-order valence-electron chi connectivity index (χ0n) is 13.8. The summed E-state index contributed by atoms with van der Waals surface area (Å²) in [6, 6.07) is 20.8. The fourth-order valence-electron chi connectivity index (χ4n) is 2.29. The van der Waals surface area contributed by atoms with Crippen molar-refractivity contribution in [2.45, 2.75) is 0 Å². The third-order valence-electron chi connectivity index (χ3n) is 3.55. The zero-order chi connectivity index (χ0) is 18.2. The number of hydrogen-bond acceptors (Lipinski definition) is 5. The van der Waals surface area contributed by atoms with E-state index in [1.165, 1.54) is 12.4 Å². The van der Waals surface area contributed by atoms with Gasteiger partial charge in [-0.1, -0.05) is 48.5 Å². The number of anilines is 2. The maximum absolute atomic E-state index is 11.9. The SMILES string of the molecule is N#Cc1c(Nc2ccccc2)c(/C=N\N=C\c2ccccc2)c[nH]c1=O. The molecule has 0 saturated carbocycles. The minimum Gasteiger partial charge on any atom is -0.354 e. The lowest BCUT2D eigenvalue weighted by Gasteiger charge is -2.10. The van der Waals surface area contributed by atoms with Gasteiger partial charge in [0.1, 0.15) is 11.6 Å². The molecule has 0 atom stereocenters. The summed E-state index contributed by atoms with van der Waals surface area (Å²) in [7, 11) is 0. The van der Waals surface area contributed by atoms with Gasteiger partial charge in [0.2, 0.25) is 0 Å². The van der Waals surface area contributed by atoms with Gasteiger partial charge in [0, 0.05) is 17.4 Å². The van der Waals surface area contributed by atoms with Crippen LogP contribution in [0.4, 0.5) is 11.4 Å². The molecule has 0 amide bonds. The molecule has 0 aliphatic carbocycles. The number of aromatic amines is 1. The maximum atomic E-state index is 11.9. The minimum absolute atomic E-state index is 0.00941.